The number of nitrogens with zero attached hydrogens (tertiary/aromatic N) is 1. The van der Waals surface area contributed by atoms with Gasteiger partial charge in [0.2, 0.25) is 0 Å². The van der Waals surface area contributed by atoms with Crippen molar-refractivity contribution in [3.8, 4) is 5.75 Å². The summed E-state index contributed by atoms with van der Waals surface area (Å²) >= 11 is 9.53. The molecule has 1 heterocycles. The van der Waals surface area contributed by atoms with E-state index in [1.54, 1.807) is 24.3 Å². The molecule has 8 nitrogen and oxygen atoms in total. The van der Waals surface area contributed by atoms with Gasteiger partial charge in [-0.3, -0.25) is 19.9 Å². The summed E-state index contributed by atoms with van der Waals surface area (Å²) in [5, 5.41) is 11.7. The highest BCUT2D eigenvalue weighted by Crippen LogP contribution is 2.28. The summed E-state index contributed by atoms with van der Waals surface area (Å²) in [6.07, 6.45) is 2.82. The van der Waals surface area contributed by atoms with Gasteiger partial charge < -0.3 is 9.72 Å². The predicted octanol–water partition coefficient (Wildman–Crippen LogP) is 4.14. The van der Waals surface area contributed by atoms with Crippen LogP contribution in [0.2, 0.25) is 5.02 Å². The molecular weight excluding hydrogens is 466 g/mol. The fourth-order valence-corrected chi connectivity index (χ4v) is 3.19. The van der Waals surface area contributed by atoms with E-state index in [0.29, 0.717) is 20.8 Å². The van der Waals surface area contributed by atoms with Gasteiger partial charge in [0, 0.05) is 10.6 Å². The lowest BCUT2D eigenvalue weighted by Gasteiger charge is -2.10. The summed E-state index contributed by atoms with van der Waals surface area (Å²) < 4.78 is 6.42. The molecule has 2 aromatic carbocycles. The van der Waals surface area contributed by atoms with Crippen LogP contribution in [0.15, 0.2) is 56.5 Å². The van der Waals surface area contributed by atoms with E-state index < -0.39 is 21.9 Å². The third-order valence-corrected chi connectivity index (χ3v) is 4.86. The average molecular weight is 479 g/mol. The van der Waals surface area contributed by atoms with E-state index in [-0.39, 0.29) is 12.3 Å². The Morgan fingerprint density at radius 2 is 1.90 bits per heavy atom. The highest BCUT2D eigenvalue weighted by Gasteiger charge is 2.18. The second-order valence-electron chi connectivity index (χ2n) is 5.83. The molecule has 0 aliphatic carbocycles. The number of nitro groups is 1. The first-order chi connectivity index (χ1) is 13.8. The molecule has 29 heavy (non-hydrogen) atoms. The smallest absolute Gasteiger partial charge is 0.357 e. The number of hydrogen-bond acceptors (Lipinski definition) is 5. The third kappa shape index (κ3) is 5.01. The number of hydrogen-bond donors (Lipinski definition) is 2. The summed E-state index contributed by atoms with van der Waals surface area (Å²) in [5.74, 6) is 0.581. The van der Waals surface area contributed by atoms with E-state index in [4.69, 9.17) is 16.3 Å². The van der Waals surface area contributed by atoms with Crippen LogP contribution in [0.3, 0.4) is 0 Å². The summed E-state index contributed by atoms with van der Waals surface area (Å²) in [6, 6.07) is 12.5. The second-order valence-corrected chi connectivity index (χ2v) is 7.09. The maximum atomic E-state index is 11.6. The first-order valence-corrected chi connectivity index (χ1v) is 9.37. The lowest BCUT2D eigenvalue weighted by Crippen LogP contribution is -2.25. The molecule has 0 unspecified atom stereocenters. The van der Waals surface area contributed by atoms with Crippen LogP contribution in [0.4, 0.5) is 5.69 Å². The van der Waals surface area contributed by atoms with Crippen LogP contribution in [-0.4, -0.2) is 14.9 Å². The Kier molecular flexibility index (Phi) is 6.30. The number of H-pyrrole nitrogens is 2. The number of ether oxygens (including phenoxy) is 1. The van der Waals surface area contributed by atoms with Gasteiger partial charge in [0.1, 0.15) is 18.1 Å². The normalized spacial score (nSPS) is 11.0. The SMILES string of the molecule is O=c1[nH]c(/C=C\c2ccc(OCc3ccccc3Cl)c(Br)c2)c([N+](=O)[O-])c(=O)[nH]1. The number of benzene rings is 2. The van der Waals surface area contributed by atoms with Crippen molar-refractivity contribution in [3.05, 3.63) is 99.7 Å². The van der Waals surface area contributed by atoms with Gasteiger partial charge in [-0.05, 0) is 45.8 Å². The van der Waals surface area contributed by atoms with Gasteiger partial charge in [-0.2, -0.15) is 0 Å². The van der Waals surface area contributed by atoms with E-state index in [9.17, 15) is 19.7 Å². The van der Waals surface area contributed by atoms with Gasteiger partial charge in [0.15, 0.2) is 0 Å². The first-order valence-electron chi connectivity index (χ1n) is 8.20. The van der Waals surface area contributed by atoms with Gasteiger partial charge in [0.05, 0.1) is 9.40 Å². The molecular formula is C19H13BrClN3O5. The summed E-state index contributed by atoms with van der Waals surface area (Å²) in [7, 11) is 0. The Balaban J connectivity index is 1.81. The molecule has 0 bridgehead atoms. The topological polar surface area (TPSA) is 118 Å². The molecule has 0 spiro atoms. The molecule has 3 rings (SSSR count). The van der Waals surface area contributed by atoms with E-state index in [1.807, 2.05) is 23.2 Å². The largest absolute Gasteiger partial charge is 0.488 e. The average Bonchev–Trinajstić information content (AvgIpc) is 2.66. The molecule has 3 aromatic rings. The lowest BCUT2D eigenvalue weighted by atomic mass is 10.2. The van der Waals surface area contributed by atoms with Crippen LogP contribution in [0.25, 0.3) is 12.2 Å². The Morgan fingerprint density at radius 1 is 1.14 bits per heavy atom. The molecule has 0 atom stereocenters. The molecule has 0 radical (unpaired) electrons. The van der Waals surface area contributed by atoms with Crippen molar-refractivity contribution in [1.82, 2.24) is 9.97 Å². The standard InChI is InChI=1S/C19H13BrClN3O5/c20-13-9-11(5-7-15-17(24(27)28)18(25)23-19(26)22-15)6-8-16(13)29-10-12-3-1-2-4-14(12)21/h1-9H,10H2,(H2,22,23,25,26)/b7-5-. The van der Waals surface area contributed by atoms with Crippen LogP contribution in [0.1, 0.15) is 16.8 Å². The van der Waals surface area contributed by atoms with Crippen molar-refractivity contribution in [1.29, 1.82) is 0 Å². The molecule has 2 N–H and O–H groups in total. The molecule has 0 fully saturated rings. The van der Waals surface area contributed by atoms with Crippen molar-refractivity contribution in [2.24, 2.45) is 0 Å². The van der Waals surface area contributed by atoms with Crippen molar-refractivity contribution < 1.29 is 9.66 Å². The number of aromatic amines is 2. The molecule has 0 saturated heterocycles. The molecule has 0 saturated carbocycles. The van der Waals surface area contributed by atoms with Gasteiger partial charge in [0.25, 0.3) is 0 Å². The minimum Gasteiger partial charge on any atom is -0.488 e. The van der Waals surface area contributed by atoms with Gasteiger partial charge in [-0.25, -0.2) is 4.79 Å². The van der Waals surface area contributed by atoms with Crippen LogP contribution in [0, 0.1) is 10.1 Å². The lowest BCUT2D eigenvalue weighted by molar-refractivity contribution is -0.386. The third-order valence-electron chi connectivity index (χ3n) is 3.87. The molecule has 0 aliphatic rings. The summed E-state index contributed by atoms with van der Waals surface area (Å²) in [5.41, 5.74) is -1.32. The molecule has 0 aliphatic heterocycles. The minimum atomic E-state index is -1.07. The zero-order valence-electron chi connectivity index (χ0n) is 14.6. The minimum absolute atomic E-state index is 0.195. The number of rotatable bonds is 6. The van der Waals surface area contributed by atoms with Crippen LogP contribution < -0.4 is 16.0 Å². The molecule has 0 amide bonds. The van der Waals surface area contributed by atoms with Crippen LogP contribution >= 0.6 is 27.5 Å². The second kappa shape index (κ2) is 8.89. The van der Waals surface area contributed by atoms with Crippen LogP contribution in [-0.2, 0) is 6.61 Å². The Bertz CT molecular complexity index is 1220. The fourth-order valence-electron chi connectivity index (χ4n) is 2.49. The predicted molar refractivity (Wildman–Crippen MR) is 113 cm³/mol. The monoisotopic (exact) mass is 477 g/mol. The highest BCUT2D eigenvalue weighted by molar-refractivity contribution is 9.10. The molecule has 148 valence electrons. The molecule has 1 aromatic heterocycles. The van der Waals surface area contributed by atoms with E-state index in [2.05, 4.69) is 20.9 Å². The maximum Gasteiger partial charge on any atom is 0.357 e. The van der Waals surface area contributed by atoms with E-state index in [0.717, 1.165) is 5.56 Å². The van der Waals surface area contributed by atoms with Crippen molar-refractivity contribution in [2.45, 2.75) is 6.61 Å². The summed E-state index contributed by atoms with van der Waals surface area (Å²) in [6.45, 7) is 0.285. The zero-order chi connectivity index (χ0) is 21.0. The summed E-state index contributed by atoms with van der Waals surface area (Å²) in [4.78, 5) is 37.4. The Labute approximate surface area is 177 Å². The Hall–Kier alpha value is -3.17. The van der Waals surface area contributed by atoms with E-state index >= 15 is 0 Å². The first kappa shape index (κ1) is 20.6. The number of aromatic nitrogens is 2. The van der Waals surface area contributed by atoms with Crippen molar-refractivity contribution in [3.63, 3.8) is 0 Å². The maximum absolute atomic E-state index is 11.6. The van der Waals surface area contributed by atoms with Crippen molar-refractivity contribution >= 4 is 45.4 Å². The van der Waals surface area contributed by atoms with E-state index in [1.165, 1.54) is 12.2 Å². The van der Waals surface area contributed by atoms with Gasteiger partial charge in [-0.1, -0.05) is 41.9 Å². The molecule has 10 heteroatoms. The quantitative estimate of drug-likeness (QED) is 0.408. The number of halogens is 2. The number of nitrogens with one attached hydrogen (secondary N) is 2. The van der Waals surface area contributed by atoms with Crippen LogP contribution in [0.5, 0.6) is 5.75 Å². The van der Waals surface area contributed by atoms with Gasteiger partial charge >= 0.3 is 16.9 Å². The highest BCUT2D eigenvalue weighted by atomic mass is 79.9. The fraction of sp³-hybridized carbons (Fsp3) is 0.0526. The zero-order valence-corrected chi connectivity index (χ0v) is 17.0. The Morgan fingerprint density at radius 3 is 2.59 bits per heavy atom. The van der Waals surface area contributed by atoms with Crippen molar-refractivity contribution in [2.75, 3.05) is 0 Å². The van der Waals surface area contributed by atoms with Gasteiger partial charge in [-0.15, -0.1) is 0 Å².